The van der Waals surface area contributed by atoms with Crippen LogP contribution in [0.3, 0.4) is 0 Å². The van der Waals surface area contributed by atoms with Crippen LogP contribution in [-0.2, 0) is 4.74 Å². The van der Waals surface area contributed by atoms with Gasteiger partial charge >= 0.3 is 0 Å². The largest absolute Gasteiger partial charge is 0.496 e. The van der Waals surface area contributed by atoms with Crippen LogP contribution in [0.5, 0.6) is 5.75 Å². The summed E-state index contributed by atoms with van der Waals surface area (Å²) in [6.45, 7) is 9.33. The average molecular weight is 461 g/mol. The van der Waals surface area contributed by atoms with Gasteiger partial charge in [-0.2, -0.15) is 0 Å². The van der Waals surface area contributed by atoms with Crippen molar-refractivity contribution in [2.45, 2.75) is 39.7 Å². The van der Waals surface area contributed by atoms with Crippen molar-refractivity contribution in [1.29, 1.82) is 0 Å². The van der Waals surface area contributed by atoms with Crippen LogP contribution in [0.4, 0.5) is 0 Å². The molecule has 0 amide bonds. The molecule has 1 atom stereocenters. The first-order chi connectivity index (χ1) is 11.6. The van der Waals surface area contributed by atoms with Crippen LogP contribution in [0.2, 0.25) is 0 Å². The molecule has 0 bridgehead atoms. The average Bonchev–Trinajstić information content (AvgIpc) is 3.38. The van der Waals surface area contributed by atoms with Crippen molar-refractivity contribution < 1.29 is 9.47 Å². The highest BCUT2D eigenvalue weighted by Crippen LogP contribution is 2.28. The molecule has 0 spiro atoms. The van der Waals surface area contributed by atoms with Gasteiger partial charge in [0.15, 0.2) is 5.96 Å². The van der Waals surface area contributed by atoms with E-state index in [9.17, 15) is 0 Å². The normalized spacial score (nSPS) is 15.3. The number of aliphatic imine (C=N–C) groups is 1. The van der Waals surface area contributed by atoms with Gasteiger partial charge in [0, 0.05) is 18.7 Å². The van der Waals surface area contributed by atoms with Gasteiger partial charge < -0.3 is 20.1 Å². The molecule has 1 saturated carbocycles. The summed E-state index contributed by atoms with van der Waals surface area (Å²) >= 11 is 0. The number of ether oxygens (including phenoxy) is 2. The Bertz CT molecular complexity index is 547. The number of nitrogens with zero attached hydrogens (tertiary/aromatic N) is 1. The molecule has 0 aromatic heterocycles. The third-order valence-corrected chi connectivity index (χ3v) is 4.11. The van der Waals surface area contributed by atoms with E-state index < -0.39 is 0 Å². The number of benzene rings is 1. The van der Waals surface area contributed by atoms with Gasteiger partial charge in [-0.15, -0.1) is 24.0 Å². The second kappa shape index (κ2) is 11.6. The Kier molecular flexibility index (Phi) is 10.2. The van der Waals surface area contributed by atoms with Crippen molar-refractivity contribution >= 4 is 29.9 Å². The Hall–Kier alpha value is -1.02. The second-order valence-corrected chi connectivity index (χ2v) is 6.39. The zero-order valence-electron chi connectivity index (χ0n) is 15.8. The fraction of sp³-hybridized carbons (Fsp3) is 0.632. The molecule has 0 saturated heterocycles. The molecule has 1 aliphatic rings. The van der Waals surface area contributed by atoms with E-state index in [1.165, 1.54) is 18.4 Å². The van der Waals surface area contributed by atoms with Crippen molar-refractivity contribution in [3.63, 3.8) is 0 Å². The molecule has 25 heavy (non-hydrogen) atoms. The lowest BCUT2D eigenvalue weighted by atomic mass is 10.0. The van der Waals surface area contributed by atoms with E-state index in [-0.39, 0.29) is 30.0 Å². The number of hydrogen-bond acceptors (Lipinski definition) is 3. The van der Waals surface area contributed by atoms with Gasteiger partial charge in [0.25, 0.3) is 0 Å². The zero-order valence-corrected chi connectivity index (χ0v) is 18.1. The highest BCUT2D eigenvalue weighted by molar-refractivity contribution is 14.0. The van der Waals surface area contributed by atoms with Crippen molar-refractivity contribution in [2.75, 3.05) is 33.4 Å². The summed E-state index contributed by atoms with van der Waals surface area (Å²) in [6, 6.07) is 6.33. The Balaban J connectivity index is 0.00000312. The highest BCUT2D eigenvalue weighted by Gasteiger charge is 2.20. The Morgan fingerprint density at radius 3 is 2.76 bits per heavy atom. The molecule has 6 heteroatoms. The smallest absolute Gasteiger partial charge is 0.191 e. The van der Waals surface area contributed by atoms with Gasteiger partial charge in [-0.1, -0.05) is 17.7 Å². The summed E-state index contributed by atoms with van der Waals surface area (Å²) in [4.78, 5) is 4.60. The number of methoxy groups -OCH3 is 1. The summed E-state index contributed by atoms with van der Waals surface area (Å²) in [5.74, 6) is 2.50. The van der Waals surface area contributed by atoms with Gasteiger partial charge in [-0.05, 0) is 45.6 Å². The van der Waals surface area contributed by atoms with Gasteiger partial charge in [0.05, 0.1) is 26.3 Å². The summed E-state index contributed by atoms with van der Waals surface area (Å²) < 4.78 is 11.1. The zero-order chi connectivity index (χ0) is 17.4. The van der Waals surface area contributed by atoms with Gasteiger partial charge in [-0.3, -0.25) is 4.99 Å². The summed E-state index contributed by atoms with van der Waals surface area (Å²) in [6.07, 6.45) is 2.65. The van der Waals surface area contributed by atoms with Gasteiger partial charge in [-0.25, -0.2) is 0 Å². The molecule has 2 N–H and O–H groups in total. The maximum Gasteiger partial charge on any atom is 0.191 e. The number of guanidine groups is 1. The lowest BCUT2D eigenvalue weighted by Crippen LogP contribution is -2.39. The molecule has 2 rings (SSSR count). The van der Waals surface area contributed by atoms with E-state index in [1.807, 2.05) is 6.07 Å². The lowest BCUT2D eigenvalue weighted by molar-refractivity contribution is 0.131. The third kappa shape index (κ3) is 7.81. The monoisotopic (exact) mass is 461 g/mol. The van der Waals surface area contributed by atoms with Crippen molar-refractivity contribution in [1.82, 2.24) is 10.6 Å². The van der Waals surface area contributed by atoms with Crippen LogP contribution in [0.1, 0.15) is 43.9 Å². The predicted molar refractivity (Wildman–Crippen MR) is 114 cm³/mol. The number of aryl methyl sites for hydroxylation is 1. The molecule has 1 fully saturated rings. The molecule has 142 valence electrons. The molecular weight excluding hydrogens is 429 g/mol. The highest BCUT2D eigenvalue weighted by atomic mass is 127. The van der Waals surface area contributed by atoms with Crippen LogP contribution in [-0.4, -0.2) is 39.4 Å². The number of rotatable bonds is 9. The van der Waals surface area contributed by atoms with Crippen molar-refractivity contribution in [3.8, 4) is 5.75 Å². The summed E-state index contributed by atoms with van der Waals surface area (Å²) in [5, 5.41) is 6.74. The van der Waals surface area contributed by atoms with Crippen LogP contribution in [0, 0.1) is 12.8 Å². The minimum absolute atomic E-state index is 0. The van der Waals surface area contributed by atoms with Crippen LogP contribution >= 0.6 is 24.0 Å². The predicted octanol–water partition coefficient (Wildman–Crippen LogP) is 3.66. The van der Waals surface area contributed by atoms with E-state index in [2.05, 4.69) is 48.5 Å². The fourth-order valence-corrected chi connectivity index (χ4v) is 2.55. The Morgan fingerprint density at radius 2 is 2.12 bits per heavy atom. The second-order valence-electron chi connectivity index (χ2n) is 6.39. The van der Waals surface area contributed by atoms with Crippen molar-refractivity contribution in [3.05, 3.63) is 29.3 Å². The summed E-state index contributed by atoms with van der Waals surface area (Å²) in [7, 11) is 1.71. The van der Waals surface area contributed by atoms with Gasteiger partial charge in [0.1, 0.15) is 5.75 Å². The van der Waals surface area contributed by atoms with E-state index in [4.69, 9.17) is 9.47 Å². The first kappa shape index (κ1) is 22.0. The Morgan fingerprint density at radius 1 is 1.36 bits per heavy atom. The quantitative estimate of drug-likeness (QED) is 0.255. The van der Waals surface area contributed by atoms with Gasteiger partial charge in [0.2, 0.25) is 0 Å². The maximum absolute atomic E-state index is 5.65. The number of halogens is 1. The minimum atomic E-state index is 0. The van der Waals surface area contributed by atoms with E-state index in [0.29, 0.717) is 13.2 Å². The standard InChI is InChI=1S/C19H31N3O2.HI/c1-5-20-19(21-10-11-24-13-16-7-8-16)22-15(3)17-12-14(2)6-9-18(17)23-4;/h6,9,12,15-16H,5,7-8,10-11,13H2,1-4H3,(H2,20,21,22);1H. The first-order valence-corrected chi connectivity index (χ1v) is 8.91. The fourth-order valence-electron chi connectivity index (χ4n) is 2.55. The SMILES string of the molecule is CCNC(=NCCOCC1CC1)NC(C)c1cc(C)ccc1OC.I. The van der Waals surface area contributed by atoms with Crippen molar-refractivity contribution in [2.24, 2.45) is 10.9 Å². The van der Waals surface area contributed by atoms with Crippen LogP contribution in [0.25, 0.3) is 0 Å². The first-order valence-electron chi connectivity index (χ1n) is 8.91. The molecule has 0 radical (unpaired) electrons. The van der Waals surface area contributed by atoms with E-state index in [0.717, 1.165) is 36.3 Å². The molecule has 1 aliphatic carbocycles. The molecule has 5 nitrogen and oxygen atoms in total. The molecule has 0 aliphatic heterocycles. The van der Waals surface area contributed by atoms with Crippen LogP contribution in [0.15, 0.2) is 23.2 Å². The molecule has 1 unspecified atom stereocenters. The minimum Gasteiger partial charge on any atom is -0.496 e. The van der Waals surface area contributed by atoms with Crippen LogP contribution < -0.4 is 15.4 Å². The number of hydrogen-bond donors (Lipinski definition) is 2. The van der Waals surface area contributed by atoms with E-state index in [1.54, 1.807) is 7.11 Å². The lowest BCUT2D eigenvalue weighted by Gasteiger charge is -2.20. The Labute approximate surface area is 169 Å². The maximum atomic E-state index is 5.65. The molecular formula is C19H32IN3O2. The summed E-state index contributed by atoms with van der Waals surface area (Å²) in [5.41, 5.74) is 2.35. The molecule has 1 aromatic carbocycles. The number of nitrogens with one attached hydrogen (secondary N) is 2. The topological polar surface area (TPSA) is 54.9 Å². The third-order valence-electron chi connectivity index (χ3n) is 4.11. The molecule has 0 heterocycles. The molecule has 1 aromatic rings. The van der Waals surface area contributed by atoms with E-state index >= 15 is 0 Å².